The summed E-state index contributed by atoms with van der Waals surface area (Å²) in [7, 11) is 1.47. The summed E-state index contributed by atoms with van der Waals surface area (Å²) in [6.45, 7) is 0. The third-order valence-corrected chi connectivity index (χ3v) is 7.61. The number of aromatic amines is 2. The van der Waals surface area contributed by atoms with E-state index in [0.29, 0.717) is 18.3 Å². The third kappa shape index (κ3) is 4.38. The normalized spacial score (nSPS) is 20.6. The van der Waals surface area contributed by atoms with Crippen LogP contribution >= 0.6 is 0 Å². The molecule has 0 saturated heterocycles. The van der Waals surface area contributed by atoms with Crippen LogP contribution in [-0.4, -0.2) is 39.0 Å². The molecule has 0 radical (unpaired) electrons. The fraction of sp³-hybridized carbons (Fsp3) is 0.357. The first-order valence-electron chi connectivity index (χ1n) is 12.4. The molecule has 178 valence electrons. The molecule has 0 unspecified atom stereocenters. The van der Waals surface area contributed by atoms with Crippen LogP contribution in [0.3, 0.4) is 0 Å². The molecule has 7 nitrogen and oxygen atoms in total. The second-order valence-corrected chi connectivity index (χ2v) is 9.76. The second kappa shape index (κ2) is 9.13. The average Bonchev–Trinajstić information content (AvgIpc) is 3.54. The molecule has 1 fully saturated rings. The average molecular weight is 468 g/mol. The van der Waals surface area contributed by atoms with Gasteiger partial charge in [0.05, 0.1) is 35.6 Å². The van der Waals surface area contributed by atoms with Crippen molar-refractivity contribution in [3.63, 3.8) is 0 Å². The van der Waals surface area contributed by atoms with Crippen LogP contribution in [0.25, 0.3) is 27.5 Å². The molecule has 0 spiro atoms. The first-order valence-corrected chi connectivity index (χ1v) is 12.4. The smallest absolute Gasteiger partial charge is 0.305 e. The van der Waals surface area contributed by atoms with E-state index in [4.69, 9.17) is 14.7 Å². The summed E-state index contributed by atoms with van der Waals surface area (Å²) >= 11 is 0. The highest BCUT2D eigenvalue weighted by molar-refractivity contribution is 6.03. The van der Waals surface area contributed by atoms with Crippen molar-refractivity contribution < 1.29 is 9.53 Å². The van der Waals surface area contributed by atoms with Crippen molar-refractivity contribution in [1.29, 1.82) is 0 Å². The summed E-state index contributed by atoms with van der Waals surface area (Å²) in [4.78, 5) is 24.5. The Morgan fingerprint density at radius 3 is 2.63 bits per heavy atom. The molecule has 0 atom stereocenters. The number of ether oxygens (including phenoxy) is 1. The number of nitrogens with one attached hydrogen (secondary N) is 2. The van der Waals surface area contributed by atoms with E-state index in [9.17, 15) is 4.79 Å². The summed E-state index contributed by atoms with van der Waals surface area (Å²) < 4.78 is 4.83. The van der Waals surface area contributed by atoms with E-state index in [2.05, 4.69) is 39.4 Å². The summed E-state index contributed by atoms with van der Waals surface area (Å²) in [5, 5.41) is 8.15. The van der Waals surface area contributed by atoms with Crippen LogP contribution in [0, 0.1) is 5.92 Å². The molecule has 2 aromatic carbocycles. The minimum atomic E-state index is -0.0831. The van der Waals surface area contributed by atoms with E-state index in [1.54, 1.807) is 0 Å². The maximum absolute atomic E-state index is 11.6. The van der Waals surface area contributed by atoms with Crippen molar-refractivity contribution in [2.45, 2.75) is 50.9 Å². The van der Waals surface area contributed by atoms with Crippen molar-refractivity contribution >= 4 is 39.2 Å². The summed E-state index contributed by atoms with van der Waals surface area (Å²) in [6, 6.07) is 13.1. The molecule has 6 rings (SSSR count). The van der Waals surface area contributed by atoms with Gasteiger partial charge in [-0.15, -0.1) is 0 Å². The Balaban J connectivity index is 1.13. The van der Waals surface area contributed by atoms with Crippen LogP contribution in [0.15, 0.2) is 53.8 Å². The predicted octanol–water partition coefficient (Wildman–Crippen LogP) is 5.90. The van der Waals surface area contributed by atoms with Gasteiger partial charge >= 0.3 is 5.97 Å². The lowest BCUT2D eigenvalue weighted by molar-refractivity contribution is -0.142. The topological polar surface area (TPSA) is 96.0 Å². The lowest BCUT2D eigenvalue weighted by Gasteiger charge is -2.28. The van der Waals surface area contributed by atoms with Crippen LogP contribution in [0.5, 0.6) is 0 Å². The zero-order valence-corrected chi connectivity index (χ0v) is 19.9. The maximum Gasteiger partial charge on any atom is 0.305 e. The minimum absolute atomic E-state index is 0.0831. The van der Waals surface area contributed by atoms with E-state index >= 15 is 0 Å². The number of H-pyrrole nitrogens is 2. The Morgan fingerprint density at radius 2 is 1.89 bits per heavy atom. The number of nitrogens with zero attached hydrogens (tertiary/aromatic N) is 3. The first kappa shape index (κ1) is 21.8. The number of fused-ring (bicyclic) bond motifs is 2. The fourth-order valence-corrected chi connectivity index (χ4v) is 5.51. The van der Waals surface area contributed by atoms with E-state index in [1.807, 2.05) is 24.5 Å². The molecule has 0 bridgehead atoms. The number of aliphatic imine (C=N–C) groups is 1. The third-order valence-electron chi connectivity index (χ3n) is 7.61. The van der Waals surface area contributed by atoms with Gasteiger partial charge in [0.1, 0.15) is 0 Å². The van der Waals surface area contributed by atoms with Crippen molar-refractivity contribution in [2.75, 3.05) is 7.11 Å². The van der Waals surface area contributed by atoms with Crippen molar-refractivity contribution in [3.8, 4) is 0 Å². The Morgan fingerprint density at radius 1 is 1.06 bits per heavy atom. The van der Waals surface area contributed by atoms with Crippen molar-refractivity contribution in [3.05, 3.63) is 65.7 Å². The first-order chi connectivity index (χ1) is 17.2. The maximum atomic E-state index is 11.6. The van der Waals surface area contributed by atoms with Gasteiger partial charge in [0.25, 0.3) is 0 Å². The number of esters is 1. The van der Waals surface area contributed by atoms with Crippen molar-refractivity contribution in [1.82, 2.24) is 20.2 Å². The number of imidazole rings is 1. The van der Waals surface area contributed by atoms with Crippen LogP contribution in [0.4, 0.5) is 0 Å². The van der Waals surface area contributed by atoms with Gasteiger partial charge in [-0.3, -0.25) is 14.9 Å². The Kier molecular flexibility index (Phi) is 5.68. The van der Waals surface area contributed by atoms with Gasteiger partial charge in [-0.1, -0.05) is 24.3 Å². The largest absolute Gasteiger partial charge is 0.469 e. The highest BCUT2D eigenvalue weighted by Crippen LogP contribution is 2.38. The van der Waals surface area contributed by atoms with Gasteiger partial charge in [-0.05, 0) is 79.2 Å². The molecule has 3 heterocycles. The van der Waals surface area contributed by atoms with Crippen LogP contribution in [0.2, 0.25) is 0 Å². The predicted molar refractivity (Wildman–Crippen MR) is 137 cm³/mol. The highest BCUT2D eigenvalue weighted by Gasteiger charge is 2.24. The van der Waals surface area contributed by atoms with Gasteiger partial charge in [-0.2, -0.15) is 5.10 Å². The summed E-state index contributed by atoms with van der Waals surface area (Å²) in [6.07, 6.45) is 10.6. The molecule has 1 saturated carbocycles. The number of rotatable bonds is 5. The molecule has 1 aliphatic heterocycles. The molecule has 35 heavy (non-hydrogen) atoms. The molecule has 0 amide bonds. The number of methoxy groups -OCH3 is 1. The van der Waals surface area contributed by atoms with E-state index < -0.39 is 0 Å². The number of carbonyl (C=O) groups is 1. The monoisotopic (exact) mass is 467 g/mol. The van der Waals surface area contributed by atoms with Crippen LogP contribution in [-0.2, 0) is 9.53 Å². The van der Waals surface area contributed by atoms with Crippen LogP contribution < -0.4 is 0 Å². The molecular weight excluding hydrogens is 438 g/mol. The van der Waals surface area contributed by atoms with Gasteiger partial charge in [0, 0.05) is 18.0 Å². The Bertz CT molecular complexity index is 1390. The number of allylic oxidation sites excluding steroid dienone is 1. The number of carbonyl (C=O) groups excluding carboxylic acids is 1. The SMILES string of the molecule is COC(=O)C[C@H]1CC[C@H](c2ccc(C3=CN=C(c4nc5cc6cn[nH]c6cc5[nH]4)CC3)cc2)CC1. The quantitative estimate of drug-likeness (QED) is 0.357. The second-order valence-electron chi connectivity index (χ2n) is 9.76. The summed E-state index contributed by atoms with van der Waals surface area (Å²) in [5.41, 5.74) is 7.81. The molecule has 4 aromatic rings. The molecular formula is C28H29N5O2. The highest BCUT2D eigenvalue weighted by atomic mass is 16.5. The lowest BCUT2D eigenvalue weighted by atomic mass is 9.77. The van der Waals surface area contributed by atoms with Crippen molar-refractivity contribution in [2.24, 2.45) is 10.9 Å². The molecule has 2 aliphatic rings. The standard InChI is InChI=1S/C28H29N5O2/c1-35-27(34)12-17-2-4-18(5-3-17)19-6-8-20(9-7-19)21-10-11-23(29-15-21)28-31-25-13-22-16-30-33-24(22)14-26(25)32-28/h6-9,13-18H,2-5,10-12H2,1H3,(H,30,33)(H,31,32)/t17-,18-. The van der Waals surface area contributed by atoms with Gasteiger partial charge in [0.2, 0.25) is 0 Å². The molecule has 7 heteroatoms. The van der Waals surface area contributed by atoms with Gasteiger partial charge < -0.3 is 9.72 Å². The van der Waals surface area contributed by atoms with Gasteiger partial charge in [0.15, 0.2) is 5.82 Å². The number of aromatic nitrogens is 4. The minimum Gasteiger partial charge on any atom is -0.469 e. The zero-order chi connectivity index (χ0) is 23.8. The fourth-order valence-electron chi connectivity index (χ4n) is 5.51. The van der Waals surface area contributed by atoms with E-state index in [0.717, 1.165) is 72.0 Å². The van der Waals surface area contributed by atoms with Gasteiger partial charge in [-0.25, -0.2) is 4.98 Å². The molecule has 2 aromatic heterocycles. The zero-order valence-electron chi connectivity index (χ0n) is 19.9. The molecule has 2 N–H and O–H groups in total. The number of benzene rings is 2. The summed E-state index contributed by atoms with van der Waals surface area (Å²) in [5.74, 6) is 1.81. The molecule has 1 aliphatic carbocycles. The number of hydrogen-bond donors (Lipinski definition) is 2. The van der Waals surface area contributed by atoms with E-state index in [-0.39, 0.29) is 5.97 Å². The number of hydrogen-bond acceptors (Lipinski definition) is 5. The Hall–Kier alpha value is -3.74. The lowest BCUT2D eigenvalue weighted by Crippen LogP contribution is -2.17. The van der Waals surface area contributed by atoms with E-state index in [1.165, 1.54) is 23.8 Å². The Labute approximate surface area is 203 Å². The van der Waals surface area contributed by atoms with Crippen LogP contribution in [0.1, 0.15) is 67.8 Å².